The first-order valence-corrected chi connectivity index (χ1v) is 6.65. The SMILES string of the molecule is Cc1cccc(NC(=O)CC2(N)CCCC2)c1C. The lowest BCUT2D eigenvalue weighted by Crippen LogP contribution is -2.40. The normalized spacial score (nSPS) is 17.7. The third kappa shape index (κ3) is 2.91. The van der Waals surface area contributed by atoms with Gasteiger partial charge in [0, 0.05) is 17.6 Å². The summed E-state index contributed by atoms with van der Waals surface area (Å²) in [5.41, 5.74) is 9.17. The van der Waals surface area contributed by atoms with Crippen molar-refractivity contribution >= 4 is 11.6 Å². The minimum absolute atomic E-state index is 0.0353. The number of nitrogens with two attached hydrogens (primary N) is 1. The van der Waals surface area contributed by atoms with Crippen LogP contribution in [-0.2, 0) is 4.79 Å². The van der Waals surface area contributed by atoms with Crippen molar-refractivity contribution in [2.45, 2.75) is 51.5 Å². The lowest BCUT2D eigenvalue weighted by molar-refractivity contribution is -0.117. The van der Waals surface area contributed by atoms with Crippen LogP contribution in [0, 0.1) is 13.8 Å². The number of carbonyl (C=O) groups is 1. The van der Waals surface area contributed by atoms with E-state index in [4.69, 9.17) is 5.73 Å². The highest BCUT2D eigenvalue weighted by molar-refractivity contribution is 5.92. The Labute approximate surface area is 109 Å². The zero-order valence-electron chi connectivity index (χ0n) is 11.3. The van der Waals surface area contributed by atoms with Crippen LogP contribution < -0.4 is 11.1 Å². The lowest BCUT2D eigenvalue weighted by atomic mass is 9.94. The van der Waals surface area contributed by atoms with Gasteiger partial charge in [0.05, 0.1) is 0 Å². The second-order valence-corrected chi connectivity index (χ2v) is 5.54. The van der Waals surface area contributed by atoms with Gasteiger partial charge in [0.1, 0.15) is 0 Å². The van der Waals surface area contributed by atoms with E-state index in [-0.39, 0.29) is 11.4 Å². The fourth-order valence-corrected chi connectivity index (χ4v) is 2.66. The molecule has 1 aliphatic carbocycles. The van der Waals surface area contributed by atoms with Crippen LogP contribution in [-0.4, -0.2) is 11.4 Å². The summed E-state index contributed by atoms with van der Waals surface area (Å²) in [6.07, 6.45) is 4.65. The van der Waals surface area contributed by atoms with Crippen molar-refractivity contribution in [3.63, 3.8) is 0 Å². The summed E-state index contributed by atoms with van der Waals surface area (Å²) in [7, 11) is 0. The molecule has 1 fully saturated rings. The van der Waals surface area contributed by atoms with Crippen molar-refractivity contribution in [2.75, 3.05) is 5.32 Å². The van der Waals surface area contributed by atoms with Crippen LogP contribution in [0.25, 0.3) is 0 Å². The smallest absolute Gasteiger partial charge is 0.226 e. The molecule has 0 heterocycles. The highest BCUT2D eigenvalue weighted by Crippen LogP contribution is 2.30. The molecule has 0 saturated heterocycles. The summed E-state index contributed by atoms with van der Waals surface area (Å²) >= 11 is 0. The summed E-state index contributed by atoms with van der Waals surface area (Å²) in [6, 6.07) is 5.95. The topological polar surface area (TPSA) is 55.1 Å². The van der Waals surface area contributed by atoms with Crippen molar-refractivity contribution < 1.29 is 4.79 Å². The molecule has 1 aliphatic rings. The number of amides is 1. The predicted octanol–water partition coefficient (Wildman–Crippen LogP) is 2.90. The fraction of sp³-hybridized carbons (Fsp3) is 0.533. The molecular weight excluding hydrogens is 224 g/mol. The zero-order chi connectivity index (χ0) is 13.2. The van der Waals surface area contributed by atoms with E-state index in [2.05, 4.69) is 5.32 Å². The molecule has 0 aromatic heterocycles. The van der Waals surface area contributed by atoms with E-state index >= 15 is 0 Å². The maximum atomic E-state index is 12.0. The Morgan fingerprint density at radius 1 is 1.33 bits per heavy atom. The maximum absolute atomic E-state index is 12.0. The Hall–Kier alpha value is -1.35. The van der Waals surface area contributed by atoms with Gasteiger partial charge in [-0.3, -0.25) is 4.79 Å². The minimum atomic E-state index is -0.276. The Morgan fingerprint density at radius 2 is 2.00 bits per heavy atom. The third-order valence-electron chi connectivity index (χ3n) is 3.99. The van der Waals surface area contributed by atoms with Crippen LogP contribution in [0.5, 0.6) is 0 Å². The van der Waals surface area contributed by atoms with Crippen LogP contribution in [0.4, 0.5) is 5.69 Å². The van der Waals surface area contributed by atoms with Gasteiger partial charge < -0.3 is 11.1 Å². The Balaban J connectivity index is 2.01. The highest BCUT2D eigenvalue weighted by Gasteiger charge is 2.31. The molecule has 0 spiro atoms. The number of hydrogen-bond acceptors (Lipinski definition) is 2. The van der Waals surface area contributed by atoms with E-state index in [1.807, 2.05) is 32.0 Å². The maximum Gasteiger partial charge on any atom is 0.226 e. The quantitative estimate of drug-likeness (QED) is 0.861. The average molecular weight is 246 g/mol. The molecule has 98 valence electrons. The number of benzene rings is 1. The largest absolute Gasteiger partial charge is 0.326 e. The molecule has 3 N–H and O–H groups in total. The van der Waals surface area contributed by atoms with Crippen molar-refractivity contribution in [1.82, 2.24) is 0 Å². The molecule has 0 unspecified atom stereocenters. The molecule has 3 heteroatoms. The second kappa shape index (κ2) is 5.11. The first kappa shape index (κ1) is 13.1. The first-order valence-electron chi connectivity index (χ1n) is 6.65. The lowest BCUT2D eigenvalue weighted by Gasteiger charge is -2.23. The summed E-state index contributed by atoms with van der Waals surface area (Å²) in [4.78, 5) is 12.0. The van der Waals surface area contributed by atoms with Crippen molar-refractivity contribution in [2.24, 2.45) is 5.73 Å². The van der Waals surface area contributed by atoms with Gasteiger partial charge in [-0.2, -0.15) is 0 Å². The van der Waals surface area contributed by atoms with E-state index in [1.165, 1.54) is 5.56 Å². The van der Waals surface area contributed by atoms with Gasteiger partial charge in [0.15, 0.2) is 0 Å². The van der Waals surface area contributed by atoms with E-state index in [0.717, 1.165) is 36.9 Å². The van der Waals surface area contributed by atoms with E-state index in [0.29, 0.717) is 6.42 Å². The van der Waals surface area contributed by atoms with Crippen LogP contribution in [0.2, 0.25) is 0 Å². The molecular formula is C15H22N2O. The molecule has 1 aromatic carbocycles. The van der Waals surface area contributed by atoms with Crippen LogP contribution in [0.15, 0.2) is 18.2 Å². The number of hydrogen-bond donors (Lipinski definition) is 2. The third-order valence-corrected chi connectivity index (χ3v) is 3.99. The van der Waals surface area contributed by atoms with Gasteiger partial charge in [-0.15, -0.1) is 0 Å². The van der Waals surface area contributed by atoms with Gasteiger partial charge in [0.2, 0.25) is 5.91 Å². The molecule has 2 rings (SSSR count). The van der Waals surface area contributed by atoms with E-state index in [1.54, 1.807) is 0 Å². The molecule has 0 aliphatic heterocycles. The molecule has 18 heavy (non-hydrogen) atoms. The van der Waals surface area contributed by atoms with E-state index in [9.17, 15) is 4.79 Å². The molecule has 1 saturated carbocycles. The zero-order valence-corrected chi connectivity index (χ0v) is 11.3. The Morgan fingerprint density at radius 3 is 2.67 bits per heavy atom. The molecule has 0 bridgehead atoms. The van der Waals surface area contributed by atoms with Gasteiger partial charge >= 0.3 is 0 Å². The van der Waals surface area contributed by atoms with Crippen molar-refractivity contribution in [3.8, 4) is 0 Å². The highest BCUT2D eigenvalue weighted by atomic mass is 16.1. The number of rotatable bonds is 3. The first-order chi connectivity index (χ1) is 8.50. The van der Waals surface area contributed by atoms with Crippen LogP contribution in [0.3, 0.4) is 0 Å². The fourth-order valence-electron chi connectivity index (χ4n) is 2.66. The minimum Gasteiger partial charge on any atom is -0.326 e. The predicted molar refractivity (Wildman–Crippen MR) is 74.5 cm³/mol. The number of nitrogens with one attached hydrogen (secondary N) is 1. The van der Waals surface area contributed by atoms with Gasteiger partial charge in [0.25, 0.3) is 0 Å². The van der Waals surface area contributed by atoms with Gasteiger partial charge in [-0.1, -0.05) is 25.0 Å². The molecule has 1 aromatic rings. The molecule has 0 radical (unpaired) electrons. The molecule has 1 amide bonds. The number of carbonyl (C=O) groups excluding carboxylic acids is 1. The van der Waals surface area contributed by atoms with Crippen LogP contribution in [0.1, 0.15) is 43.2 Å². The summed E-state index contributed by atoms with van der Waals surface area (Å²) in [6.45, 7) is 4.07. The Bertz CT molecular complexity index is 448. The summed E-state index contributed by atoms with van der Waals surface area (Å²) < 4.78 is 0. The average Bonchev–Trinajstić information content (AvgIpc) is 2.71. The van der Waals surface area contributed by atoms with Gasteiger partial charge in [-0.25, -0.2) is 0 Å². The van der Waals surface area contributed by atoms with Crippen LogP contribution >= 0.6 is 0 Å². The molecule has 3 nitrogen and oxygen atoms in total. The standard InChI is InChI=1S/C15H22N2O/c1-11-6-5-7-13(12(11)2)17-14(18)10-15(16)8-3-4-9-15/h5-7H,3-4,8-10,16H2,1-2H3,(H,17,18). The second-order valence-electron chi connectivity index (χ2n) is 5.54. The van der Waals surface area contributed by atoms with E-state index < -0.39 is 0 Å². The number of aryl methyl sites for hydroxylation is 1. The Kier molecular flexibility index (Phi) is 3.71. The number of anilines is 1. The van der Waals surface area contributed by atoms with Crippen molar-refractivity contribution in [3.05, 3.63) is 29.3 Å². The van der Waals surface area contributed by atoms with Crippen molar-refractivity contribution in [1.29, 1.82) is 0 Å². The molecule has 0 atom stereocenters. The summed E-state index contributed by atoms with van der Waals surface area (Å²) in [5.74, 6) is 0.0353. The monoisotopic (exact) mass is 246 g/mol. The summed E-state index contributed by atoms with van der Waals surface area (Å²) in [5, 5.41) is 2.98. The van der Waals surface area contributed by atoms with Gasteiger partial charge in [-0.05, 0) is 43.9 Å².